The Morgan fingerprint density at radius 2 is 1.89 bits per heavy atom. The van der Waals surface area contributed by atoms with Crippen molar-refractivity contribution >= 4 is 17.6 Å². The zero-order chi connectivity index (χ0) is 27.3. The lowest BCUT2D eigenvalue weighted by molar-refractivity contribution is -0.130. The van der Waals surface area contributed by atoms with Crippen LogP contribution in [0.4, 0.5) is 0 Å². The molecule has 0 aliphatic rings. The number of aromatic amines is 1. The predicted molar refractivity (Wildman–Crippen MR) is 153 cm³/mol. The van der Waals surface area contributed by atoms with Gasteiger partial charge in [-0.1, -0.05) is 32.0 Å². The van der Waals surface area contributed by atoms with E-state index in [1.807, 2.05) is 65.3 Å². The minimum absolute atomic E-state index is 0.100. The van der Waals surface area contributed by atoms with Crippen molar-refractivity contribution in [2.75, 3.05) is 20.7 Å². The number of allylic oxidation sites excluding steroid dienone is 1. The van der Waals surface area contributed by atoms with Crippen LogP contribution in [0.5, 0.6) is 5.75 Å². The van der Waals surface area contributed by atoms with E-state index in [4.69, 9.17) is 4.74 Å². The van der Waals surface area contributed by atoms with E-state index in [0.29, 0.717) is 6.54 Å². The van der Waals surface area contributed by atoms with E-state index >= 15 is 0 Å². The third-order valence-electron chi connectivity index (χ3n) is 5.82. The Morgan fingerprint density at radius 3 is 2.50 bits per heavy atom. The molecule has 2 heterocycles. The van der Waals surface area contributed by atoms with Gasteiger partial charge in [-0.2, -0.15) is 0 Å². The van der Waals surface area contributed by atoms with E-state index in [1.54, 1.807) is 25.1 Å². The van der Waals surface area contributed by atoms with E-state index in [-0.39, 0.29) is 11.8 Å². The van der Waals surface area contributed by atoms with Gasteiger partial charge < -0.3 is 14.6 Å². The zero-order valence-corrected chi connectivity index (χ0v) is 23.3. The molecule has 5 heteroatoms. The SMILES string of the molecule is C#CC.CC.CCN(C)C(=O)C(C)c1cncc(/C(C)=C/c2c(-c3ccccc3OC)c[nH]c2C)c1. The van der Waals surface area contributed by atoms with Gasteiger partial charge in [0, 0.05) is 54.6 Å². The highest BCUT2D eigenvalue weighted by Gasteiger charge is 2.19. The van der Waals surface area contributed by atoms with Crippen LogP contribution in [0.3, 0.4) is 0 Å². The number of likely N-dealkylation sites (N-methyl/N-ethyl adjacent to an activating group) is 1. The molecule has 0 radical (unpaired) electrons. The smallest absolute Gasteiger partial charge is 0.229 e. The number of ether oxygens (including phenoxy) is 1. The van der Waals surface area contributed by atoms with E-state index in [2.05, 4.69) is 54.4 Å². The van der Waals surface area contributed by atoms with Crippen LogP contribution < -0.4 is 4.74 Å². The molecular formula is C31H41N3O2. The Kier molecular flexibility index (Phi) is 12.8. The Balaban J connectivity index is 0.00000120. The highest BCUT2D eigenvalue weighted by atomic mass is 16.5. The van der Waals surface area contributed by atoms with E-state index in [9.17, 15) is 4.79 Å². The second kappa shape index (κ2) is 15.3. The van der Waals surface area contributed by atoms with Crippen molar-refractivity contribution in [1.82, 2.24) is 14.9 Å². The number of aryl methyl sites for hydroxylation is 1. The average Bonchev–Trinajstić information content (AvgIpc) is 3.28. The number of methoxy groups -OCH3 is 1. The Bertz CT molecular complexity index is 1180. The third kappa shape index (κ3) is 7.61. The summed E-state index contributed by atoms with van der Waals surface area (Å²) in [5, 5.41) is 0. The number of benzene rings is 1. The van der Waals surface area contributed by atoms with Crippen molar-refractivity contribution in [3.05, 3.63) is 71.3 Å². The number of pyridine rings is 1. The van der Waals surface area contributed by atoms with Gasteiger partial charge in [0.05, 0.1) is 13.0 Å². The number of hydrogen-bond acceptors (Lipinski definition) is 3. The fourth-order valence-corrected chi connectivity index (χ4v) is 3.65. The van der Waals surface area contributed by atoms with Gasteiger partial charge in [-0.25, -0.2) is 0 Å². The number of hydrogen-bond donors (Lipinski definition) is 1. The lowest BCUT2D eigenvalue weighted by atomic mass is 9.96. The quantitative estimate of drug-likeness (QED) is 0.358. The number of carbonyl (C=O) groups excluding carboxylic acids is 1. The summed E-state index contributed by atoms with van der Waals surface area (Å²) in [6, 6.07) is 10.1. The van der Waals surface area contributed by atoms with Crippen molar-refractivity contribution in [2.24, 2.45) is 0 Å². The molecule has 36 heavy (non-hydrogen) atoms. The van der Waals surface area contributed by atoms with Gasteiger partial charge >= 0.3 is 0 Å². The second-order valence-electron chi connectivity index (χ2n) is 8.14. The average molecular weight is 488 g/mol. The molecule has 0 bridgehead atoms. The number of carbonyl (C=O) groups is 1. The topological polar surface area (TPSA) is 58.2 Å². The van der Waals surface area contributed by atoms with Crippen LogP contribution >= 0.6 is 0 Å². The van der Waals surface area contributed by atoms with Gasteiger partial charge in [0.25, 0.3) is 0 Å². The van der Waals surface area contributed by atoms with Crippen molar-refractivity contribution in [1.29, 1.82) is 0 Å². The van der Waals surface area contributed by atoms with Gasteiger partial charge in [0.2, 0.25) is 5.91 Å². The summed E-state index contributed by atoms with van der Waals surface area (Å²) in [7, 11) is 3.52. The van der Waals surface area contributed by atoms with Crippen LogP contribution in [-0.4, -0.2) is 41.5 Å². The fourth-order valence-electron chi connectivity index (χ4n) is 3.65. The molecule has 1 aromatic carbocycles. The molecule has 1 unspecified atom stereocenters. The lowest BCUT2D eigenvalue weighted by Crippen LogP contribution is -2.30. The zero-order valence-electron chi connectivity index (χ0n) is 23.3. The monoisotopic (exact) mass is 487 g/mol. The van der Waals surface area contributed by atoms with Crippen LogP contribution in [0.1, 0.15) is 69.8 Å². The first kappa shape index (κ1) is 30.3. The highest BCUT2D eigenvalue weighted by molar-refractivity contribution is 5.89. The van der Waals surface area contributed by atoms with Crippen molar-refractivity contribution in [2.45, 2.75) is 54.4 Å². The lowest BCUT2D eigenvalue weighted by Gasteiger charge is -2.20. The minimum Gasteiger partial charge on any atom is -0.496 e. The van der Waals surface area contributed by atoms with Crippen LogP contribution in [0.15, 0.2) is 48.9 Å². The van der Waals surface area contributed by atoms with E-state index < -0.39 is 0 Å². The number of nitrogens with one attached hydrogen (secondary N) is 1. The maximum absolute atomic E-state index is 12.6. The van der Waals surface area contributed by atoms with E-state index in [0.717, 1.165) is 44.8 Å². The summed E-state index contributed by atoms with van der Waals surface area (Å²) < 4.78 is 5.57. The molecule has 0 saturated heterocycles. The van der Waals surface area contributed by atoms with Gasteiger partial charge in [-0.15, -0.1) is 12.3 Å². The number of terminal acetylenes is 1. The number of para-hydroxylation sites is 1. The molecule has 192 valence electrons. The standard InChI is InChI=1S/C26H31N3O2.C3H4.C2H6/c1-7-29(5)26(30)18(3)21-13-20(14-27-15-21)17(2)12-23-19(4)28-16-24(23)22-10-8-9-11-25(22)31-6;1-3-2;1-2/h8-16,18,28H,7H2,1-6H3;1H,2H3;1-2H3/b17-12+;;. The number of nitrogens with zero attached hydrogens (tertiary/aromatic N) is 2. The summed E-state index contributed by atoms with van der Waals surface area (Å²) in [5.74, 6) is 2.95. The maximum atomic E-state index is 12.6. The molecule has 0 spiro atoms. The number of amides is 1. The minimum atomic E-state index is -0.233. The second-order valence-corrected chi connectivity index (χ2v) is 8.14. The van der Waals surface area contributed by atoms with Gasteiger partial charge in [0.1, 0.15) is 5.75 Å². The molecular weight excluding hydrogens is 446 g/mol. The predicted octanol–water partition coefficient (Wildman–Crippen LogP) is 7.20. The highest BCUT2D eigenvalue weighted by Crippen LogP contribution is 2.35. The summed E-state index contributed by atoms with van der Waals surface area (Å²) in [5.41, 5.74) is 7.33. The normalized spacial score (nSPS) is 11.2. The van der Waals surface area contributed by atoms with Crippen LogP contribution in [0.2, 0.25) is 0 Å². The molecule has 0 aliphatic carbocycles. The molecule has 1 N–H and O–H groups in total. The van der Waals surface area contributed by atoms with Crippen molar-refractivity contribution in [3.63, 3.8) is 0 Å². The Morgan fingerprint density at radius 1 is 1.25 bits per heavy atom. The molecule has 1 atom stereocenters. The van der Waals surface area contributed by atoms with Crippen LogP contribution in [0.25, 0.3) is 22.8 Å². The van der Waals surface area contributed by atoms with Crippen molar-refractivity contribution < 1.29 is 9.53 Å². The number of H-pyrrole nitrogens is 1. The molecule has 0 fully saturated rings. The molecule has 1 amide bonds. The van der Waals surface area contributed by atoms with Gasteiger partial charge in [-0.05, 0) is 69.5 Å². The Hall–Kier alpha value is -3.78. The fraction of sp³-hybridized carbons (Fsp3) is 0.355. The Labute approximate surface area is 217 Å². The molecule has 0 saturated carbocycles. The summed E-state index contributed by atoms with van der Waals surface area (Å²) >= 11 is 0. The van der Waals surface area contributed by atoms with Crippen LogP contribution in [-0.2, 0) is 4.79 Å². The maximum Gasteiger partial charge on any atom is 0.229 e. The molecule has 5 nitrogen and oxygen atoms in total. The molecule has 3 rings (SSSR count). The first-order chi connectivity index (χ1) is 17.3. The largest absolute Gasteiger partial charge is 0.496 e. The van der Waals surface area contributed by atoms with Gasteiger partial charge in [0.15, 0.2) is 0 Å². The summed E-state index contributed by atoms with van der Waals surface area (Å²) in [6.45, 7) is 14.4. The summed E-state index contributed by atoms with van der Waals surface area (Å²) in [6.07, 6.45) is 12.4. The van der Waals surface area contributed by atoms with Gasteiger partial charge in [-0.3, -0.25) is 9.78 Å². The van der Waals surface area contributed by atoms with E-state index in [1.165, 1.54) is 0 Å². The molecule has 2 aromatic heterocycles. The van der Waals surface area contributed by atoms with Crippen molar-refractivity contribution in [3.8, 4) is 29.2 Å². The number of rotatable bonds is 7. The first-order valence-electron chi connectivity index (χ1n) is 12.4. The molecule has 0 aliphatic heterocycles. The summed E-state index contributed by atoms with van der Waals surface area (Å²) in [4.78, 5) is 22.1. The molecule has 3 aromatic rings. The third-order valence-corrected chi connectivity index (χ3v) is 5.82. The number of aromatic nitrogens is 2. The first-order valence-corrected chi connectivity index (χ1v) is 12.4. The van der Waals surface area contributed by atoms with Crippen LogP contribution in [0, 0.1) is 19.3 Å².